The SMILES string of the molecule is COc1cc(NC(C(=O)N2CCc3ccc(OC(F)(F)F)cc32)c2ccc(F)cc2)cc(OCCCC(=O)O)c1. The fourth-order valence-electron chi connectivity index (χ4n) is 4.32. The molecule has 1 aliphatic rings. The Hall–Kier alpha value is -4.48. The molecular weight excluding hydrogens is 536 g/mol. The summed E-state index contributed by atoms with van der Waals surface area (Å²) in [5, 5.41) is 11.9. The molecule has 0 fully saturated rings. The Morgan fingerprint density at radius 3 is 2.42 bits per heavy atom. The number of hydrogen-bond acceptors (Lipinski definition) is 6. The molecule has 0 saturated heterocycles. The molecule has 1 atom stereocenters. The van der Waals surface area contributed by atoms with E-state index in [0.29, 0.717) is 34.7 Å². The summed E-state index contributed by atoms with van der Waals surface area (Å²) in [7, 11) is 1.44. The van der Waals surface area contributed by atoms with Gasteiger partial charge in [0.2, 0.25) is 0 Å². The number of carboxylic acids is 1. The van der Waals surface area contributed by atoms with Gasteiger partial charge >= 0.3 is 12.3 Å². The van der Waals surface area contributed by atoms with E-state index in [4.69, 9.17) is 14.6 Å². The number of rotatable bonds is 11. The first-order valence-corrected chi connectivity index (χ1v) is 12.3. The minimum absolute atomic E-state index is 0.0662. The number of ether oxygens (including phenoxy) is 3. The van der Waals surface area contributed by atoms with Gasteiger partial charge in [-0.1, -0.05) is 18.2 Å². The van der Waals surface area contributed by atoms with Crippen molar-refractivity contribution < 1.29 is 46.5 Å². The topological polar surface area (TPSA) is 97.3 Å². The number of anilines is 2. The molecular formula is C28H26F4N2O6. The van der Waals surface area contributed by atoms with Crippen molar-refractivity contribution in [2.45, 2.75) is 31.7 Å². The Labute approximate surface area is 227 Å². The number of halogens is 4. The van der Waals surface area contributed by atoms with Crippen LogP contribution >= 0.6 is 0 Å². The molecule has 4 rings (SSSR count). The van der Waals surface area contributed by atoms with Crippen LogP contribution < -0.4 is 24.4 Å². The van der Waals surface area contributed by atoms with Crippen LogP contribution in [0.15, 0.2) is 60.7 Å². The van der Waals surface area contributed by atoms with Gasteiger partial charge in [-0.25, -0.2) is 4.39 Å². The van der Waals surface area contributed by atoms with E-state index in [1.54, 1.807) is 18.2 Å². The lowest BCUT2D eigenvalue weighted by atomic mass is 10.0. The molecule has 0 radical (unpaired) electrons. The summed E-state index contributed by atoms with van der Waals surface area (Å²) >= 11 is 0. The van der Waals surface area contributed by atoms with Crippen molar-refractivity contribution in [1.82, 2.24) is 0 Å². The molecule has 0 aliphatic carbocycles. The molecule has 3 aromatic carbocycles. The van der Waals surface area contributed by atoms with Crippen LogP contribution in [-0.4, -0.2) is 43.6 Å². The number of carboxylic acid groups (broad SMARTS) is 1. The van der Waals surface area contributed by atoms with Gasteiger partial charge in [0.1, 0.15) is 29.1 Å². The van der Waals surface area contributed by atoms with E-state index in [9.17, 15) is 27.2 Å². The molecule has 3 aromatic rings. The molecule has 40 heavy (non-hydrogen) atoms. The summed E-state index contributed by atoms with van der Waals surface area (Å²) in [5.74, 6) is -1.63. The Morgan fingerprint density at radius 2 is 1.75 bits per heavy atom. The lowest BCUT2D eigenvalue weighted by molar-refractivity contribution is -0.274. The first-order chi connectivity index (χ1) is 19.0. The number of alkyl halides is 3. The molecule has 1 aliphatic heterocycles. The van der Waals surface area contributed by atoms with Gasteiger partial charge in [-0.3, -0.25) is 9.59 Å². The maximum absolute atomic E-state index is 13.9. The van der Waals surface area contributed by atoms with Gasteiger partial charge in [-0.05, 0) is 42.2 Å². The van der Waals surface area contributed by atoms with E-state index in [2.05, 4.69) is 10.1 Å². The van der Waals surface area contributed by atoms with Gasteiger partial charge in [0.05, 0.1) is 19.4 Å². The summed E-state index contributed by atoms with van der Waals surface area (Å²) in [6.07, 6.45) is -4.25. The maximum Gasteiger partial charge on any atom is 0.573 e. The molecule has 12 heteroatoms. The number of carbonyl (C=O) groups is 2. The van der Waals surface area contributed by atoms with Gasteiger partial charge in [0.15, 0.2) is 0 Å². The molecule has 0 bridgehead atoms. The third-order valence-electron chi connectivity index (χ3n) is 6.13. The first-order valence-electron chi connectivity index (χ1n) is 12.3. The summed E-state index contributed by atoms with van der Waals surface area (Å²) < 4.78 is 67.2. The first kappa shape index (κ1) is 28.5. The zero-order valence-electron chi connectivity index (χ0n) is 21.3. The van der Waals surface area contributed by atoms with Gasteiger partial charge in [0, 0.05) is 42.9 Å². The van der Waals surface area contributed by atoms with Crippen LogP contribution in [0.5, 0.6) is 17.2 Å². The number of amides is 1. The van der Waals surface area contributed by atoms with Gasteiger partial charge in [-0.2, -0.15) is 0 Å². The quantitative estimate of drug-likeness (QED) is 0.228. The highest BCUT2D eigenvalue weighted by molar-refractivity contribution is 6.01. The number of aliphatic carboxylic acids is 1. The Morgan fingerprint density at radius 1 is 1.02 bits per heavy atom. The molecule has 0 saturated carbocycles. The molecule has 0 aromatic heterocycles. The minimum atomic E-state index is -4.89. The van der Waals surface area contributed by atoms with Crippen LogP contribution in [0.1, 0.15) is 30.0 Å². The summed E-state index contributed by atoms with van der Waals surface area (Å²) in [6.45, 7) is 0.352. The van der Waals surface area contributed by atoms with Crippen molar-refractivity contribution in [3.8, 4) is 17.2 Å². The summed E-state index contributed by atoms with van der Waals surface area (Å²) in [5.41, 5.74) is 1.78. The summed E-state index contributed by atoms with van der Waals surface area (Å²) in [6, 6.07) is 12.9. The molecule has 1 heterocycles. The van der Waals surface area contributed by atoms with Crippen molar-refractivity contribution in [2.24, 2.45) is 0 Å². The maximum atomic E-state index is 13.9. The lowest BCUT2D eigenvalue weighted by Gasteiger charge is -2.26. The predicted octanol–water partition coefficient (Wildman–Crippen LogP) is 5.72. The highest BCUT2D eigenvalue weighted by atomic mass is 19.4. The standard InChI is InChI=1S/C28H26F4N2O6/c1-38-22-13-20(14-23(15-22)39-12-2-3-25(35)36)33-26(18-4-7-19(29)8-5-18)27(37)34-11-10-17-6-9-21(16-24(17)34)40-28(30,31)32/h4-9,13-16,26,33H,2-3,10-12H2,1H3,(H,35,36). The number of fused-ring (bicyclic) bond motifs is 1. The van der Waals surface area contributed by atoms with Gasteiger partial charge in [-0.15, -0.1) is 13.2 Å². The zero-order chi connectivity index (χ0) is 28.9. The third kappa shape index (κ3) is 7.33. The zero-order valence-corrected chi connectivity index (χ0v) is 21.3. The Kier molecular flexibility index (Phi) is 8.66. The van der Waals surface area contributed by atoms with Crippen LogP contribution in [0.4, 0.5) is 28.9 Å². The average Bonchev–Trinajstić information content (AvgIpc) is 3.32. The van der Waals surface area contributed by atoms with Crippen LogP contribution in [0.3, 0.4) is 0 Å². The minimum Gasteiger partial charge on any atom is -0.497 e. The second-order valence-electron chi connectivity index (χ2n) is 8.95. The van der Waals surface area contributed by atoms with E-state index in [1.165, 1.54) is 54.5 Å². The average molecular weight is 563 g/mol. The highest BCUT2D eigenvalue weighted by Crippen LogP contribution is 2.37. The summed E-state index contributed by atoms with van der Waals surface area (Å²) in [4.78, 5) is 26.0. The molecule has 1 unspecified atom stereocenters. The fourth-order valence-corrected chi connectivity index (χ4v) is 4.32. The normalized spacial score (nSPS) is 13.4. The predicted molar refractivity (Wildman–Crippen MR) is 137 cm³/mol. The molecule has 1 amide bonds. The van der Waals surface area contributed by atoms with Crippen LogP contribution in [0.2, 0.25) is 0 Å². The second-order valence-corrected chi connectivity index (χ2v) is 8.95. The second kappa shape index (κ2) is 12.1. The smallest absolute Gasteiger partial charge is 0.497 e. The van der Waals surface area contributed by atoms with Crippen LogP contribution in [0.25, 0.3) is 0 Å². The highest BCUT2D eigenvalue weighted by Gasteiger charge is 2.34. The number of hydrogen-bond donors (Lipinski definition) is 2. The molecule has 2 N–H and O–H groups in total. The number of nitrogens with one attached hydrogen (secondary N) is 1. The number of carbonyl (C=O) groups excluding carboxylic acids is 1. The van der Waals surface area contributed by atoms with Crippen molar-refractivity contribution in [1.29, 1.82) is 0 Å². The van der Waals surface area contributed by atoms with Crippen molar-refractivity contribution in [3.05, 3.63) is 77.6 Å². The van der Waals surface area contributed by atoms with E-state index in [1.807, 2.05) is 0 Å². The van der Waals surface area contributed by atoms with E-state index < -0.39 is 35.8 Å². The fraction of sp³-hybridized carbons (Fsp3) is 0.286. The molecule has 8 nitrogen and oxygen atoms in total. The third-order valence-corrected chi connectivity index (χ3v) is 6.13. The van der Waals surface area contributed by atoms with Crippen molar-refractivity contribution in [3.63, 3.8) is 0 Å². The van der Waals surface area contributed by atoms with E-state index >= 15 is 0 Å². The van der Waals surface area contributed by atoms with E-state index in [-0.39, 0.29) is 31.7 Å². The van der Waals surface area contributed by atoms with Gasteiger partial charge in [0.25, 0.3) is 5.91 Å². The number of benzene rings is 3. The molecule has 212 valence electrons. The van der Waals surface area contributed by atoms with Crippen molar-refractivity contribution >= 4 is 23.3 Å². The Balaban J connectivity index is 1.63. The van der Waals surface area contributed by atoms with Crippen molar-refractivity contribution in [2.75, 3.05) is 30.5 Å². The Bertz CT molecular complexity index is 1360. The molecule has 0 spiro atoms. The van der Waals surface area contributed by atoms with Gasteiger partial charge < -0.3 is 29.5 Å². The van der Waals surface area contributed by atoms with Crippen LogP contribution in [-0.2, 0) is 16.0 Å². The lowest BCUT2D eigenvalue weighted by Crippen LogP contribution is -2.37. The monoisotopic (exact) mass is 562 g/mol. The van der Waals surface area contributed by atoms with Crippen LogP contribution in [0, 0.1) is 5.82 Å². The largest absolute Gasteiger partial charge is 0.573 e. The number of nitrogens with zero attached hydrogens (tertiary/aromatic N) is 1. The number of methoxy groups -OCH3 is 1. The van der Waals surface area contributed by atoms with E-state index in [0.717, 1.165) is 0 Å².